The van der Waals surface area contributed by atoms with E-state index in [1.54, 1.807) is 31.2 Å². The van der Waals surface area contributed by atoms with Crippen molar-refractivity contribution >= 4 is 21.6 Å². The zero-order valence-corrected chi connectivity index (χ0v) is 19.1. The normalized spacial score (nSPS) is 24.9. The maximum atomic E-state index is 13.7. The third-order valence-corrected chi connectivity index (χ3v) is 8.32. The van der Waals surface area contributed by atoms with Crippen LogP contribution in [-0.4, -0.2) is 40.9 Å². The van der Waals surface area contributed by atoms with E-state index in [2.05, 4.69) is 5.32 Å². The maximum absolute atomic E-state index is 13.7. The van der Waals surface area contributed by atoms with Crippen LogP contribution < -0.4 is 5.32 Å². The van der Waals surface area contributed by atoms with E-state index >= 15 is 0 Å². The molecule has 2 heterocycles. The van der Waals surface area contributed by atoms with Crippen molar-refractivity contribution in [3.63, 3.8) is 0 Å². The average Bonchev–Trinajstić information content (AvgIpc) is 3.09. The lowest BCUT2D eigenvalue weighted by molar-refractivity contribution is -0.142. The summed E-state index contributed by atoms with van der Waals surface area (Å²) in [4.78, 5) is 14.7. The van der Waals surface area contributed by atoms with Gasteiger partial charge in [-0.1, -0.05) is 60.2 Å². The van der Waals surface area contributed by atoms with Crippen LogP contribution in [0, 0.1) is 6.92 Å². The summed E-state index contributed by atoms with van der Waals surface area (Å²) in [6.45, 7) is 3.45. The molecule has 5 rings (SSSR count). The Kier molecular flexibility index (Phi) is 5.23. The molecule has 0 unspecified atom stereocenters. The molecule has 0 spiro atoms. The van der Waals surface area contributed by atoms with E-state index in [1.165, 1.54) is 9.21 Å². The van der Waals surface area contributed by atoms with E-state index < -0.39 is 40.4 Å². The van der Waals surface area contributed by atoms with Gasteiger partial charge in [0.05, 0.1) is 10.9 Å². The summed E-state index contributed by atoms with van der Waals surface area (Å²) in [6, 6.07) is 21.8. The first-order valence-electron chi connectivity index (χ1n) is 10.8. The van der Waals surface area contributed by atoms with Crippen molar-refractivity contribution < 1.29 is 18.3 Å². The second kappa shape index (κ2) is 7.98. The van der Waals surface area contributed by atoms with Crippen molar-refractivity contribution in [2.45, 2.75) is 43.2 Å². The molecular formula is C25H25N3O4S. The molecule has 2 aliphatic rings. The molecule has 33 heavy (non-hydrogen) atoms. The maximum Gasteiger partial charge on any atom is 0.245 e. The van der Waals surface area contributed by atoms with Gasteiger partial charge in [0.25, 0.3) is 0 Å². The standard InChI is InChI=1S/C25H25N3O4S/c1-16-12-14-19(15-13-16)33(31,32)28-17(2)24(29)27-23(28)21-11-7-6-10-20(21)22(25(27)30)26-18-8-4-3-5-9-18/h3-15,17,22-23,25-26,30H,1-2H3/t17-,22-,23+,25+/m0/s1. The predicted octanol–water partition coefficient (Wildman–Crippen LogP) is 3.40. The third-order valence-electron chi connectivity index (χ3n) is 6.38. The number of benzene rings is 3. The molecule has 2 aliphatic heterocycles. The Morgan fingerprint density at radius 2 is 1.48 bits per heavy atom. The van der Waals surface area contributed by atoms with Gasteiger partial charge in [0.2, 0.25) is 15.9 Å². The fraction of sp³-hybridized carbons (Fsp3) is 0.240. The minimum atomic E-state index is -4.01. The van der Waals surface area contributed by atoms with Gasteiger partial charge < -0.3 is 10.4 Å². The number of hydrogen-bond donors (Lipinski definition) is 2. The summed E-state index contributed by atoms with van der Waals surface area (Å²) in [6.07, 6.45) is -2.18. The zero-order valence-electron chi connectivity index (χ0n) is 18.3. The number of anilines is 1. The number of rotatable bonds is 4. The van der Waals surface area contributed by atoms with E-state index in [4.69, 9.17) is 0 Å². The Morgan fingerprint density at radius 1 is 0.879 bits per heavy atom. The molecule has 3 aromatic carbocycles. The van der Waals surface area contributed by atoms with Gasteiger partial charge in [-0.05, 0) is 49.2 Å². The second-order valence-electron chi connectivity index (χ2n) is 8.47. The van der Waals surface area contributed by atoms with E-state index in [9.17, 15) is 18.3 Å². The Balaban J connectivity index is 1.63. The average molecular weight is 464 g/mol. The van der Waals surface area contributed by atoms with Crippen LogP contribution in [0.2, 0.25) is 0 Å². The lowest BCUT2D eigenvalue weighted by Gasteiger charge is -2.43. The number of carbonyl (C=O) groups is 1. The molecule has 0 radical (unpaired) electrons. The number of nitrogens with one attached hydrogen (secondary N) is 1. The summed E-state index contributed by atoms with van der Waals surface area (Å²) in [5, 5.41) is 14.7. The van der Waals surface area contributed by atoms with Gasteiger partial charge in [-0.25, -0.2) is 8.42 Å². The SMILES string of the molecule is Cc1ccc(S(=O)(=O)N2[C@@H]3c4ccccc4[C@H](Nc4ccccc4)[C@@H](O)N3C(=O)[C@@H]2C)cc1. The highest BCUT2D eigenvalue weighted by Crippen LogP contribution is 2.48. The van der Waals surface area contributed by atoms with Crippen LogP contribution in [-0.2, 0) is 14.8 Å². The summed E-state index contributed by atoms with van der Waals surface area (Å²) >= 11 is 0. The zero-order chi connectivity index (χ0) is 23.3. The molecule has 7 nitrogen and oxygen atoms in total. The van der Waals surface area contributed by atoms with Crippen LogP contribution in [0.15, 0.2) is 83.8 Å². The Hall–Kier alpha value is -3.20. The number of carbonyl (C=O) groups excluding carboxylic acids is 1. The van der Waals surface area contributed by atoms with Gasteiger partial charge in [0.1, 0.15) is 12.2 Å². The minimum absolute atomic E-state index is 0.117. The first-order valence-corrected chi connectivity index (χ1v) is 12.3. The topological polar surface area (TPSA) is 89.9 Å². The molecule has 4 atom stereocenters. The number of para-hydroxylation sites is 1. The number of hydrogen-bond acceptors (Lipinski definition) is 5. The summed E-state index contributed by atoms with van der Waals surface area (Å²) in [5.41, 5.74) is 3.15. The number of fused-ring (bicyclic) bond motifs is 3. The van der Waals surface area contributed by atoms with Crippen LogP contribution in [0.4, 0.5) is 5.69 Å². The fourth-order valence-electron chi connectivity index (χ4n) is 4.73. The van der Waals surface area contributed by atoms with Crippen molar-refractivity contribution in [3.05, 3.63) is 95.6 Å². The van der Waals surface area contributed by atoms with E-state index in [0.29, 0.717) is 5.56 Å². The van der Waals surface area contributed by atoms with Gasteiger partial charge in [-0.3, -0.25) is 9.69 Å². The van der Waals surface area contributed by atoms with Crippen LogP contribution in [0.5, 0.6) is 0 Å². The number of aliphatic hydroxyl groups excluding tert-OH is 1. The van der Waals surface area contributed by atoms with Crippen LogP contribution in [0.3, 0.4) is 0 Å². The molecular weight excluding hydrogens is 438 g/mol. The monoisotopic (exact) mass is 463 g/mol. The number of aryl methyl sites for hydroxylation is 1. The van der Waals surface area contributed by atoms with Gasteiger partial charge in [0.15, 0.2) is 6.23 Å². The highest BCUT2D eigenvalue weighted by atomic mass is 32.2. The molecule has 1 amide bonds. The lowest BCUT2D eigenvalue weighted by Crippen LogP contribution is -2.50. The number of aliphatic hydroxyl groups is 1. The number of nitrogens with zero attached hydrogens (tertiary/aromatic N) is 2. The highest BCUT2D eigenvalue weighted by molar-refractivity contribution is 7.89. The Morgan fingerprint density at radius 3 is 2.15 bits per heavy atom. The summed E-state index contributed by atoms with van der Waals surface area (Å²) in [7, 11) is -4.01. The Labute approximate surface area is 193 Å². The van der Waals surface area contributed by atoms with Crippen LogP contribution in [0.1, 0.15) is 35.8 Å². The smallest absolute Gasteiger partial charge is 0.245 e. The summed E-state index contributed by atoms with van der Waals surface area (Å²) < 4.78 is 28.6. The van der Waals surface area contributed by atoms with Crippen molar-refractivity contribution in [1.82, 2.24) is 9.21 Å². The van der Waals surface area contributed by atoms with Crippen molar-refractivity contribution in [2.24, 2.45) is 0 Å². The molecule has 8 heteroatoms. The first-order chi connectivity index (χ1) is 15.8. The Bertz CT molecular complexity index is 1290. The molecule has 1 saturated heterocycles. The lowest BCUT2D eigenvalue weighted by atomic mass is 9.92. The molecule has 0 bridgehead atoms. The molecule has 2 N–H and O–H groups in total. The first kappa shape index (κ1) is 21.6. The van der Waals surface area contributed by atoms with E-state index in [-0.39, 0.29) is 4.90 Å². The molecule has 1 fully saturated rings. The van der Waals surface area contributed by atoms with E-state index in [1.807, 2.05) is 61.5 Å². The minimum Gasteiger partial charge on any atom is -0.374 e. The van der Waals surface area contributed by atoms with Crippen molar-refractivity contribution in [1.29, 1.82) is 0 Å². The fourth-order valence-corrected chi connectivity index (χ4v) is 6.44. The molecule has 3 aromatic rings. The molecule has 0 aromatic heterocycles. The number of sulfonamides is 1. The van der Waals surface area contributed by atoms with Gasteiger partial charge in [-0.2, -0.15) is 4.31 Å². The van der Waals surface area contributed by atoms with Gasteiger partial charge in [-0.15, -0.1) is 0 Å². The second-order valence-corrected chi connectivity index (χ2v) is 10.3. The molecule has 0 saturated carbocycles. The van der Waals surface area contributed by atoms with Gasteiger partial charge in [0, 0.05) is 5.69 Å². The predicted molar refractivity (Wildman–Crippen MR) is 125 cm³/mol. The van der Waals surface area contributed by atoms with Crippen molar-refractivity contribution in [3.8, 4) is 0 Å². The third kappa shape index (κ3) is 3.42. The molecule has 0 aliphatic carbocycles. The largest absolute Gasteiger partial charge is 0.374 e. The van der Waals surface area contributed by atoms with Gasteiger partial charge >= 0.3 is 0 Å². The van der Waals surface area contributed by atoms with Crippen LogP contribution in [0.25, 0.3) is 0 Å². The quantitative estimate of drug-likeness (QED) is 0.619. The van der Waals surface area contributed by atoms with Crippen molar-refractivity contribution in [2.75, 3.05) is 5.32 Å². The van der Waals surface area contributed by atoms with E-state index in [0.717, 1.165) is 16.8 Å². The molecule has 170 valence electrons. The van der Waals surface area contributed by atoms with Crippen LogP contribution >= 0.6 is 0 Å². The highest BCUT2D eigenvalue weighted by Gasteiger charge is 2.57. The summed E-state index contributed by atoms with van der Waals surface area (Å²) in [5.74, 6) is -0.433. The number of amides is 1.